The quantitative estimate of drug-likeness (QED) is 0.499. The van der Waals surface area contributed by atoms with Crippen molar-refractivity contribution in [2.75, 3.05) is 18.4 Å². The number of rotatable bonds is 5. The first kappa shape index (κ1) is 20.5. The number of likely N-dealkylation sites (tertiary alicyclic amines) is 1. The smallest absolute Gasteiger partial charge is 0.223 e. The molecular weight excluding hydrogens is 409 g/mol. The predicted molar refractivity (Wildman–Crippen MR) is 119 cm³/mol. The van der Waals surface area contributed by atoms with Gasteiger partial charge in [0, 0.05) is 43.3 Å². The van der Waals surface area contributed by atoms with E-state index in [-0.39, 0.29) is 11.9 Å². The molecule has 4 aromatic rings. The molecule has 2 N–H and O–H groups in total. The maximum Gasteiger partial charge on any atom is 0.223 e. The fourth-order valence-corrected chi connectivity index (χ4v) is 4.12. The van der Waals surface area contributed by atoms with Crippen LogP contribution in [-0.4, -0.2) is 59.7 Å². The Hall–Kier alpha value is -3.43. The minimum Gasteiger partial charge on any atom is -0.379 e. The van der Waals surface area contributed by atoms with Gasteiger partial charge in [-0.1, -0.05) is 0 Å². The van der Waals surface area contributed by atoms with Gasteiger partial charge in [0.2, 0.25) is 5.95 Å². The summed E-state index contributed by atoms with van der Waals surface area (Å²) in [7, 11) is 0. The van der Waals surface area contributed by atoms with Crippen LogP contribution in [0.4, 0.5) is 10.3 Å². The number of hydrogen-bond donors (Lipinski definition) is 2. The lowest BCUT2D eigenvalue weighted by atomic mass is 10.1. The Morgan fingerprint density at radius 3 is 2.62 bits per heavy atom. The lowest BCUT2D eigenvalue weighted by Gasteiger charge is -2.33. The average molecular weight is 433 g/mol. The number of hydrogen-bond acceptors (Lipinski definition) is 7. The van der Waals surface area contributed by atoms with Crippen molar-refractivity contribution in [1.82, 2.24) is 29.2 Å². The van der Waals surface area contributed by atoms with E-state index in [2.05, 4.69) is 20.2 Å². The summed E-state index contributed by atoms with van der Waals surface area (Å²) in [6.07, 6.45) is 8.33. The van der Waals surface area contributed by atoms with Crippen molar-refractivity contribution >= 4 is 11.6 Å². The maximum absolute atomic E-state index is 13.5. The van der Waals surface area contributed by atoms with Crippen molar-refractivity contribution < 1.29 is 9.50 Å². The van der Waals surface area contributed by atoms with E-state index in [0.29, 0.717) is 23.0 Å². The lowest BCUT2D eigenvalue weighted by molar-refractivity contribution is 0.00474. The van der Waals surface area contributed by atoms with Crippen molar-refractivity contribution in [2.24, 2.45) is 0 Å². The third-order valence-electron chi connectivity index (χ3n) is 5.84. The molecule has 1 aliphatic rings. The summed E-state index contributed by atoms with van der Waals surface area (Å²) in [6, 6.07) is 8.36. The van der Waals surface area contributed by atoms with Gasteiger partial charge in [-0.3, -0.25) is 14.3 Å². The molecule has 0 radical (unpaired) electrons. The zero-order valence-corrected chi connectivity index (χ0v) is 17.7. The Morgan fingerprint density at radius 2 is 1.88 bits per heavy atom. The van der Waals surface area contributed by atoms with Gasteiger partial charge in [-0.05, 0) is 50.1 Å². The molecule has 1 aliphatic heterocycles. The Kier molecular flexibility index (Phi) is 5.50. The van der Waals surface area contributed by atoms with E-state index in [0.717, 1.165) is 37.2 Å². The number of aromatic nitrogens is 5. The van der Waals surface area contributed by atoms with Crippen LogP contribution in [0.1, 0.15) is 19.8 Å². The minimum atomic E-state index is -0.426. The number of benzene rings is 1. The number of nitrogens with zero attached hydrogens (tertiary/aromatic N) is 6. The van der Waals surface area contributed by atoms with E-state index < -0.39 is 6.23 Å². The molecule has 1 fully saturated rings. The van der Waals surface area contributed by atoms with Gasteiger partial charge < -0.3 is 10.4 Å². The normalized spacial score (nSPS) is 16.3. The minimum absolute atomic E-state index is 0.239. The Balaban J connectivity index is 1.48. The highest BCUT2D eigenvalue weighted by Gasteiger charge is 2.23. The average Bonchev–Trinajstić information content (AvgIpc) is 3.20. The Bertz CT molecular complexity index is 1220. The second-order valence-electron chi connectivity index (χ2n) is 7.97. The Labute approximate surface area is 184 Å². The number of imidazole rings is 1. The van der Waals surface area contributed by atoms with Crippen LogP contribution in [0.15, 0.2) is 55.1 Å². The first-order valence-electron chi connectivity index (χ1n) is 10.7. The summed E-state index contributed by atoms with van der Waals surface area (Å²) >= 11 is 0. The van der Waals surface area contributed by atoms with E-state index >= 15 is 0 Å². The van der Waals surface area contributed by atoms with E-state index in [4.69, 9.17) is 9.97 Å². The number of halogens is 1. The summed E-state index contributed by atoms with van der Waals surface area (Å²) in [4.78, 5) is 20.1. The fourth-order valence-electron chi connectivity index (χ4n) is 4.12. The molecule has 4 heterocycles. The largest absolute Gasteiger partial charge is 0.379 e. The van der Waals surface area contributed by atoms with Crippen LogP contribution in [-0.2, 0) is 0 Å². The highest BCUT2D eigenvalue weighted by Crippen LogP contribution is 2.32. The molecule has 1 atom stereocenters. The first-order valence-corrected chi connectivity index (χ1v) is 10.7. The van der Waals surface area contributed by atoms with Gasteiger partial charge in [0.1, 0.15) is 12.0 Å². The van der Waals surface area contributed by atoms with Crippen molar-refractivity contribution in [3.63, 3.8) is 0 Å². The van der Waals surface area contributed by atoms with E-state index in [9.17, 15) is 9.50 Å². The third-order valence-corrected chi connectivity index (χ3v) is 5.84. The molecule has 0 bridgehead atoms. The van der Waals surface area contributed by atoms with E-state index in [1.165, 1.54) is 12.1 Å². The van der Waals surface area contributed by atoms with Crippen LogP contribution in [0.2, 0.25) is 0 Å². The molecule has 0 saturated carbocycles. The van der Waals surface area contributed by atoms with Crippen LogP contribution < -0.4 is 5.32 Å². The second-order valence-corrected chi connectivity index (χ2v) is 7.97. The topological polar surface area (TPSA) is 91.5 Å². The van der Waals surface area contributed by atoms with Gasteiger partial charge in [-0.25, -0.2) is 19.3 Å². The molecule has 1 saturated heterocycles. The number of piperidine rings is 1. The molecule has 5 rings (SSSR count). The highest BCUT2D eigenvalue weighted by atomic mass is 19.1. The number of anilines is 1. The molecule has 164 valence electrons. The lowest BCUT2D eigenvalue weighted by Crippen LogP contribution is -2.43. The second kappa shape index (κ2) is 8.60. The van der Waals surface area contributed by atoms with Gasteiger partial charge in [-0.2, -0.15) is 0 Å². The van der Waals surface area contributed by atoms with Gasteiger partial charge in [0.15, 0.2) is 5.65 Å². The van der Waals surface area contributed by atoms with Gasteiger partial charge in [-0.15, -0.1) is 0 Å². The fraction of sp³-hybridized carbons (Fsp3) is 0.304. The summed E-state index contributed by atoms with van der Waals surface area (Å²) in [5, 5.41) is 13.2. The van der Waals surface area contributed by atoms with Crippen molar-refractivity contribution in [3.8, 4) is 22.6 Å². The maximum atomic E-state index is 13.5. The monoisotopic (exact) mass is 433 g/mol. The summed E-state index contributed by atoms with van der Waals surface area (Å²) in [5.41, 5.74) is 3.68. The molecule has 1 aromatic carbocycles. The van der Waals surface area contributed by atoms with Gasteiger partial charge in [0.05, 0.1) is 23.3 Å². The molecular formula is C23H24FN7O. The molecule has 1 unspecified atom stereocenters. The molecule has 0 spiro atoms. The Morgan fingerprint density at radius 1 is 1.09 bits per heavy atom. The summed E-state index contributed by atoms with van der Waals surface area (Å²) in [6.45, 7) is 3.44. The van der Waals surface area contributed by atoms with Crippen LogP contribution in [0.3, 0.4) is 0 Å². The highest BCUT2D eigenvalue weighted by molar-refractivity contribution is 5.80. The molecule has 8 nitrogen and oxygen atoms in total. The molecule has 32 heavy (non-hydrogen) atoms. The number of nitrogens with one attached hydrogen (secondary N) is 1. The van der Waals surface area contributed by atoms with Crippen molar-refractivity contribution in [3.05, 3.63) is 60.9 Å². The van der Waals surface area contributed by atoms with Crippen LogP contribution in [0.25, 0.3) is 28.3 Å². The van der Waals surface area contributed by atoms with E-state index in [1.807, 2.05) is 16.7 Å². The molecule has 0 aliphatic carbocycles. The zero-order chi connectivity index (χ0) is 22.1. The SMILES string of the molecule is CC(O)N1CCC(Nc2nccc(-c3c(-c4ccc(F)cc4)nc4cnccn34)n2)CC1. The van der Waals surface area contributed by atoms with Crippen LogP contribution >= 0.6 is 0 Å². The number of fused-ring (bicyclic) bond motifs is 1. The predicted octanol–water partition coefficient (Wildman–Crippen LogP) is 3.21. The van der Waals surface area contributed by atoms with Crippen LogP contribution in [0.5, 0.6) is 0 Å². The van der Waals surface area contributed by atoms with Gasteiger partial charge in [0.25, 0.3) is 0 Å². The molecule has 0 amide bonds. The van der Waals surface area contributed by atoms with Crippen molar-refractivity contribution in [1.29, 1.82) is 0 Å². The van der Waals surface area contributed by atoms with Crippen molar-refractivity contribution in [2.45, 2.75) is 32.0 Å². The summed E-state index contributed by atoms with van der Waals surface area (Å²) in [5.74, 6) is 0.253. The van der Waals surface area contributed by atoms with Gasteiger partial charge >= 0.3 is 0 Å². The van der Waals surface area contributed by atoms with E-state index in [1.54, 1.807) is 37.6 Å². The standard InChI is InChI=1S/C23H24FN7O/c1-15(32)30-11-7-18(8-12-30)27-23-26-9-6-19(28-23)22-21(16-2-4-17(24)5-3-16)29-20-14-25-10-13-31(20)22/h2-6,9-10,13-15,18,32H,7-8,11-12H2,1H3,(H,26,27,28). The van der Waals surface area contributed by atoms with Crippen LogP contribution in [0, 0.1) is 5.82 Å². The number of aliphatic hydroxyl groups excluding tert-OH is 1. The summed E-state index contributed by atoms with van der Waals surface area (Å²) < 4.78 is 15.4. The number of aliphatic hydroxyl groups is 1. The third kappa shape index (κ3) is 4.04. The molecule has 3 aromatic heterocycles. The zero-order valence-electron chi connectivity index (χ0n) is 17.7. The first-order chi connectivity index (χ1) is 15.6. The molecule has 9 heteroatoms.